The molecule has 0 spiro atoms. The highest BCUT2D eigenvalue weighted by molar-refractivity contribution is 5.55. The largest absolute Gasteiger partial charge is 0.259 e. The van der Waals surface area contributed by atoms with Gasteiger partial charge in [-0.1, -0.05) is 23.8 Å². The normalized spacial score (nSPS) is 11.5. The van der Waals surface area contributed by atoms with Crippen molar-refractivity contribution < 1.29 is 4.92 Å². The smallest absolute Gasteiger partial charge is 0.243 e. The van der Waals surface area contributed by atoms with Crippen molar-refractivity contribution >= 4 is 6.08 Å². The second-order valence-electron chi connectivity index (χ2n) is 3.40. The van der Waals surface area contributed by atoms with Crippen LogP contribution in [-0.4, -0.2) is 4.92 Å². The number of hydrogen-bond acceptors (Lipinski definition) is 2. The minimum absolute atomic E-state index is 0.165. The lowest BCUT2D eigenvalue weighted by Crippen LogP contribution is -1.94. The molecule has 0 amide bonds. The molecule has 3 nitrogen and oxygen atoms in total. The van der Waals surface area contributed by atoms with Crippen LogP contribution in [-0.2, 0) is 0 Å². The van der Waals surface area contributed by atoms with Crippen molar-refractivity contribution in [3.05, 3.63) is 50.7 Å². The summed E-state index contributed by atoms with van der Waals surface area (Å²) >= 11 is 0. The van der Waals surface area contributed by atoms with Gasteiger partial charge in [0, 0.05) is 13.0 Å². The zero-order valence-corrected chi connectivity index (χ0v) is 8.57. The van der Waals surface area contributed by atoms with Gasteiger partial charge in [0.05, 0.1) is 4.92 Å². The Labute approximate surface area is 83.2 Å². The van der Waals surface area contributed by atoms with E-state index >= 15 is 0 Å². The molecular weight excluding hydrogens is 178 g/mol. The highest BCUT2D eigenvalue weighted by Crippen LogP contribution is 2.14. The first-order chi connectivity index (χ1) is 6.50. The lowest BCUT2D eigenvalue weighted by atomic mass is 10.1. The molecule has 0 saturated heterocycles. The zero-order chi connectivity index (χ0) is 10.7. The van der Waals surface area contributed by atoms with Crippen LogP contribution in [0.3, 0.4) is 0 Å². The molecule has 0 radical (unpaired) electrons. The molecule has 0 aromatic heterocycles. The number of hydrogen-bond donors (Lipinski definition) is 0. The molecule has 0 N–H and O–H groups in total. The molecule has 0 aliphatic heterocycles. The average Bonchev–Trinajstić information content (AvgIpc) is 2.11. The molecule has 1 aromatic rings. The maximum Gasteiger partial charge on any atom is 0.243 e. The Morgan fingerprint density at radius 3 is 2.64 bits per heavy atom. The van der Waals surface area contributed by atoms with Crippen LogP contribution in [0.1, 0.15) is 23.6 Å². The van der Waals surface area contributed by atoms with Crippen LogP contribution >= 0.6 is 0 Å². The molecule has 0 aliphatic carbocycles. The lowest BCUT2D eigenvalue weighted by Gasteiger charge is -2.01. The molecule has 0 aliphatic rings. The van der Waals surface area contributed by atoms with Gasteiger partial charge in [0.25, 0.3) is 0 Å². The average molecular weight is 191 g/mol. The molecule has 0 atom stereocenters. The van der Waals surface area contributed by atoms with Crippen LogP contribution in [0.2, 0.25) is 0 Å². The fraction of sp³-hybridized carbons (Fsp3) is 0.273. The van der Waals surface area contributed by atoms with Gasteiger partial charge >= 0.3 is 0 Å². The van der Waals surface area contributed by atoms with Gasteiger partial charge in [0.2, 0.25) is 5.70 Å². The monoisotopic (exact) mass is 191 g/mol. The third-order valence-corrected chi connectivity index (χ3v) is 2.09. The Hall–Kier alpha value is -1.64. The van der Waals surface area contributed by atoms with Crippen molar-refractivity contribution in [2.45, 2.75) is 20.8 Å². The maximum atomic E-state index is 10.4. The summed E-state index contributed by atoms with van der Waals surface area (Å²) in [6.07, 6.45) is 1.60. The van der Waals surface area contributed by atoms with E-state index < -0.39 is 0 Å². The summed E-state index contributed by atoms with van der Waals surface area (Å²) in [6.45, 7) is 5.42. The summed E-state index contributed by atoms with van der Waals surface area (Å²) < 4.78 is 0. The van der Waals surface area contributed by atoms with Crippen molar-refractivity contribution in [2.24, 2.45) is 0 Å². The van der Waals surface area contributed by atoms with E-state index in [9.17, 15) is 10.1 Å². The van der Waals surface area contributed by atoms with Gasteiger partial charge in [-0.2, -0.15) is 0 Å². The molecule has 1 rings (SSSR count). The third-order valence-electron chi connectivity index (χ3n) is 2.09. The van der Waals surface area contributed by atoms with Gasteiger partial charge in [-0.15, -0.1) is 0 Å². The third kappa shape index (κ3) is 2.42. The van der Waals surface area contributed by atoms with E-state index in [1.807, 2.05) is 32.0 Å². The Kier molecular flexibility index (Phi) is 3.02. The fourth-order valence-electron chi connectivity index (χ4n) is 1.19. The van der Waals surface area contributed by atoms with Crippen LogP contribution in [0, 0.1) is 24.0 Å². The molecule has 0 fully saturated rings. The summed E-state index contributed by atoms with van der Waals surface area (Å²) in [5.74, 6) is 0. The van der Waals surface area contributed by atoms with Crippen molar-refractivity contribution in [3.63, 3.8) is 0 Å². The zero-order valence-electron chi connectivity index (χ0n) is 8.57. The molecule has 0 bridgehead atoms. The van der Waals surface area contributed by atoms with Crippen LogP contribution < -0.4 is 0 Å². The second-order valence-corrected chi connectivity index (χ2v) is 3.40. The van der Waals surface area contributed by atoms with Crippen LogP contribution in [0.15, 0.2) is 23.9 Å². The molecule has 74 valence electrons. The van der Waals surface area contributed by atoms with Gasteiger partial charge in [-0.05, 0) is 25.0 Å². The van der Waals surface area contributed by atoms with Gasteiger partial charge in [0.1, 0.15) is 0 Å². The van der Waals surface area contributed by atoms with Crippen LogP contribution in [0.5, 0.6) is 0 Å². The summed E-state index contributed by atoms with van der Waals surface area (Å²) in [7, 11) is 0. The first-order valence-corrected chi connectivity index (χ1v) is 4.40. The number of allylic oxidation sites excluding steroid dienone is 1. The van der Waals surface area contributed by atoms with E-state index in [4.69, 9.17) is 0 Å². The van der Waals surface area contributed by atoms with Gasteiger partial charge in [0.15, 0.2) is 0 Å². The molecule has 3 heteroatoms. The number of aryl methyl sites for hydroxylation is 2. The maximum absolute atomic E-state index is 10.4. The lowest BCUT2D eigenvalue weighted by molar-refractivity contribution is -0.422. The van der Waals surface area contributed by atoms with E-state index in [-0.39, 0.29) is 10.6 Å². The Morgan fingerprint density at radius 2 is 2.07 bits per heavy atom. The minimum Gasteiger partial charge on any atom is -0.259 e. The topological polar surface area (TPSA) is 43.1 Å². The minimum atomic E-state index is -0.373. The van der Waals surface area contributed by atoms with E-state index in [1.165, 1.54) is 6.92 Å². The van der Waals surface area contributed by atoms with Gasteiger partial charge in [-0.25, -0.2) is 0 Å². The summed E-state index contributed by atoms with van der Waals surface area (Å²) in [4.78, 5) is 10.1. The van der Waals surface area contributed by atoms with Crippen LogP contribution in [0.4, 0.5) is 0 Å². The number of nitro groups is 1. The van der Waals surface area contributed by atoms with Crippen molar-refractivity contribution in [2.75, 3.05) is 0 Å². The Balaban J connectivity index is 3.13. The van der Waals surface area contributed by atoms with E-state index in [2.05, 4.69) is 0 Å². The highest BCUT2D eigenvalue weighted by atomic mass is 16.6. The first kappa shape index (κ1) is 10.4. The van der Waals surface area contributed by atoms with Gasteiger partial charge < -0.3 is 0 Å². The predicted octanol–water partition coefficient (Wildman–Crippen LogP) is 2.94. The second kappa shape index (κ2) is 4.05. The quantitative estimate of drug-likeness (QED) is 0.532. The van der Waals surface area contributed by atoms with Gasteiger partial charge in [-0.3, -0.25) is 10.1 Å². The van der Waals surface area contributed by atoms with Crippen molar-refractivity contribution in [3.8, 4) is 0 Å². The van der Waals surface area contributed by atoms with E-state index in [0.29, 0.717) is 0 Å². The Morgan fingerprint density at radius 1 is 1.43 bits per heavy atom. The number of nitrogens with zero attached hydrogens (tertiary/aromatic N) is 1. The fourth-order valence-corrected chi connectivity index (χ4v) is 1.19. The molecule has 0 heterocycles. The molecule has 1 aromatic carbocycles. The molecule has 0 saturated carbocycles. The van der Waals surface area contributed by atoms with E-state index in [1.54, 1.807) is 6.08 Å². The summed E-state index contributed by atoms with van der Waals surface area (Å²) in [5.41, 5.74) is 3.24. The predicted molar refractivity (Wildman–Crippen MR) is 56.6 cm³/mol. The van der Waals surface area contributed by atoms with Crippen molar-refractivity contribution in [1.29, 1.82) is 0 Å². The number of benzene rings is 1. The van der Waals surface area contributed by atoms with Crippen LogP contribution in [0.25, 0.3) is 6.08 Å². The summed E-state index contributed by atoms with van der Waals surface area (Å²) in [5, 5.41) is 10.4. The van der Waals surface area contributed by atoms with E-state index in [0.717, 1.165) is 16.7 Å². The first-order valence-electron chi connectivity index (χ1n) is 4.40. The van der Waals surface area contributed by atoms with Crippen molar-refractivity contribution in [1.82, 2.24) is 0 Å². The molecular formula is C11H13NO2. The molecule has 0 unspecified atom stereocenters. The highest BCUT2D eigenvalue weighted by Gasteiger charge is 2.03. The molecule has 14 heavy (non-hydrogen) atoms. The standard InChI is InChI=1S/C11H13NO2/c1-8-4-5-9(2)11(6-8)7-10(3)12(13)14/h4-7H,1-3H3/b10-7+. The SMILES string of the molecule is C/C(=C\c1cc(C)ccc1C)[N+](=O)[O-]. The summed E-state index contributed by atoms with van der Waals surface area (Å²) in [6, 6.07) is 5.91. The Bertz CT molecular complexity index is 394. The number of rotatable bonds is 2.